The van der Waals surface area contributed by atoms with Crippen molar-refractivity contribution in [3.63, 3.8) is 0 Å². The maximum Gasteiger partial charge on any atom is 0.410 e. The van der Waals surface area contributed by atoms with Crippen LogP contribution in [0.15, 0.2) is 16.7 Å². The Morgan fingerprint density at radius 2 is 2.21 bits per heavy atom. The molecule has 24 heavy (non-hydrogen) atoms. The zero-order valence-corrected chi connectivity index (χ0v) is 15.2. The molecule has 0 spiro atoms. The first-order chi connectivity index (χ1) is 11.2. The molecule has 1 atom stereocenters. The zero-order chi connectivity index (χ0) is 17.5. The number of ether oxygens (including phenoxy) is 1. The summed E-state index contributed by atoms with van der Waals surface area (Å²) in [5.41, 5.74) is -0.545. The number of thiazole rings is 1. The maximum absolute atomic E-state index is 12.9. The lowest BCUT2D eigenvalue weighted by Gasteiger charge is -2.39. The number of hydrogen-bond acceptors (Lipinski definition) is 6. The summed E-state index contributed by atoms with van der Waals surface area (Å²) in [6, 6.07) is 0. The van der Waals surface area contributed by atoms with Crippen molar-refractivity contribution in [1.82, 2.24) is 14.9 Å². The molecule has 1 unspecified atom stereocenters. The lowest BCUT2D eigenvalue weighted by molar-refractivity contribution is -0.135. The summed E-state index contributed by atoms with van der Waals surface area (Å²) in [7, 11) is 1.66. The van der Waals surface area contributed by atoms with Gasteiger partial charge in [0, 0.05) is 44.6 Å². The number of aromatic nitrogens is 1. The van der Waals surface area contributed by atoms with Gasteiger partial charge in [-0.1, -0.05) is 0 Å². The first-order valence-electron chi connectivity index (χ1n) is 7.94. The first kappa shape index (κ1) is 16.9. The molecular weight excluding hydrogens is 328 g/mol. The molecule has 0 radical (unpaired) electrons. The Morgan fingerprint density at radius 3 is 2.83 bits per heavy atom. The van der Waals surface area contributed by atoms with Crippen molar-refractivity contribution in [2.45, 2.75) is 39.2 Å². The SMILES string of the molecule is CN1N=C2CCN(C(=O)OC(C)(C)C)CC2(Cc2nccs2)C1=O. The van der Waals surface area contributed by atoms with Crippen molar-refractivity contribution < 1.29 is 14.3 Å². The van der Waals surface area contributed by atoms with Crippen molar-refractivity contribution in [3.05, 3.63) is 16.6 Å². The molecule has 0 saturated carbocycles. The van der Waals surface area contributed by atoms with Crippen LogP contribution in [0.4, 0.5) is 4.79 Å². The number of piperidine rings is 1. The minimum Gasteiger partial charge on any atom is -0.444 e. The highest BCUT2D eigenvalue weighted by atomic mass is 32.1. The van der Waals surface area contributed by atoms with Crippen molar-refractivity contribution >= 4 is 29.0 Å². The molecule has 0 aromatic carbocycles. The van der Waals surface area contributed by atoms with Crippen LogP contribution in [0, 0.1) is 5.41 Å². The van der Waals surface area contributed by atoms with E-state index in [1.54, 1.807) is 18.1 Å². The summed E-state index contributed by atoms with van der Waals surface area (Å²) in [4.78, 5) is 31.2. The summed E-state index contributed by atoms with van der Waals surface area (Å²) in [6.07, 6.45) is 2.37. The Kier molecular flexibility index (Phi) is 4.11. The van der Waals surface area contributed by atoms with Crippen molar-refractivity contribution in [2.75, 3.05) is 20.1 Å². The number of rotatable bonds is 2. The third-order valence-electron chi connectivity index (χ3n) is 4.19. The summed E-state index contributed by atoms with van der Waals surface area (Å²) in [5.74, 6) is -0.0824. The van der Waals surface area contributed by atoms with Gasteiger partial charge < -0.3 is 9.64 Å². The van der Waals surface area contributed by atoms with E-state index in [4.69, 9.17) is 4.74 Å². The van der Waals surface area contributed by atoms with Crippen LogP contribution in [-0.4, -0.2) is 58.3 Å². The van der Waals surface area contributed by atoms with Gasteiger partial charge in [0.05, 0.1) is 10.7 Å². The predicted molar refractivity (Wildman–Crippen MR) is 90.9 cm³/mol. The fourth-order valence-corrected chi connectivity index (χ4v) is 3.89. The Labute approximate surface area is 145 Å². The lowest BCUT2D eigenvalue weighted by atomic mass is 9.75. The van der Waals surface area contributed by atoms with Gasteiger partial charge in [-0.25, -0.2) is 14.8 Å². The monoisotopic (exact) mass is 350 g/mol. The highest BCUT2D eigenvalue weighted by Gasteiger charge is 2.54. The molecule has 1 aromatic heterocycles. The van der Waals surface area contributed by atoms with Gasteiger partial charge in [-0.3, -0.25) is 4.79 Å². The number of amides is 2. The van der Waals surface area contributed by atoms with Crippen LogP contribution in [0.5, 0.6) is 0 Å². The lowest BCUT2D eigenvalue weighted by Crippen LogP contribution is -2.56. The Balaban J connectivity index is 1.87. The average molecular weight is 350 g/mol. The second kappa shape index (κ2) is 5.84. The third kappa shape index (κ3) is 3.02. The van der Waals surface area contributed by atoms with Crippen LogP contribution in [0.2, 0.25) is 0 Å². The van der Waals surface area contributed by atoms with Crippen molar-refractivity contribution in [1.29, 1.82) is 0 Å². The molecule has 2 amide bonds. The molecule has 0 N–H and O–H groups in total. The fraction of sp³-hybridized carbons (Fsp3) is 0.625. The highest BCUT2D eigenvalue weighted by Crippen LogP contribution is 2.38. The molecule has 130 valence electrons. The smallest absolute Gasteiger partial charge is 0.410 e. The van der Waals surface area contributed by atoms with Crippen LogP contribution in [-0.2, 0) is 16.0 Å². The van der Waals surface area contributed by atoms with E-state index in [1.165, 1.54) is 16.3 Å². The van der Waals surface area contributed by atoms with Gasteiger partial charge >= 0.3 is 6.09 Å². The van der Waals surface area contributed by atoms with Gasteiger partial charge in [-0.05, 0) is 20.8 Å². The van der Waals surface area contributed by atoms with Gasteiger partial charge in [-0.2, -0.15) is 5.10 Å². The Bertz CT molecular complexity index is 680. The molecule has 7 nitrogen and oxygen atoms in total. The molecule has 2 aliphatic heterocycles. The molecule has 3 rings (SSSR count). The highest BCUT2D eigenvalue weighted by molar-refractivity contribution is 7.09. The summed E-state index contributed by atoms with van der Waals surface area (Å²) in [6.45, 7) is 6.29. The molecule has 0 bridgehead atoms. The average Bonchev–Trinajstić information content (AvgIpc) is 3.06. The summed E-state index contributed by atoms with van der Waals surface area (Å²) >= 11 is 1.51. The van der Waals surface area contributed by atoms with Gasteiger partial charge in [0.15, 0.2) is 0 Å². The standard InChI is InChI=1S/C16H22N4O3S/c1-15(2,3)23-14(22)20-7-5-11-16(10-20,13(21)19(4)18-11)9-12-17-6-8-24-12/h6,8H,5,7,9-10H2,1-4H3. The fourth-order valence-electron chi connectivity index (χ4n) is 3.16. The molecular formula is C16H22N4O3S. The third-order valence-corrected chi connectivity index (χ3v) is 4.97. The van der Waals surface area contributed by atoms with Gasteiger partial charge in [0.25, 0.3) is 5.91 Å². The number of nitrogens with zero attached hydrogens (tertiary/aromatic N) is 4. The van der Waals surface area contributed by atoms with Crippen LogP contribution in [0.1, 0.15) is 32.2 Å². The molecule has 2 aliphatic rings. The minimum absolute atomic E-state index is 0.0824. The molecule has 1 aromatic rings. The molecule has 8 heteroatoms. The number of hydrazone groups is 1. The number of fused-ring (bicyclic) bond motifs is 1. The molecule has 1 saturated heterocycles. The second-order valence-corrected chi connectivity index (χ2v) is 8.19. The van der Waals surface area contributed by atoms with Crippen LogP contribution >= 0.6 is 11.3 Å². The van der Waals surface area contributed by atoms with Gasteiger partial charge in [0.1, 0.15) is 11.0 Å². The van der Waals surface area contributed by atoms with Gasteiger partial charge in [0.2, 0.25) is 0 Å². The van der Waals surface area contributed by atoms with Crippen molar-refractivity contribution in [3.8, 4) is 0 Å². The van der Waals surface area contributed by atoms with E-state index in [0.29, 0.717) is 19.4 Å². The van der Waals surface area contributed by atoms with Gasteiger partial charge in [-0.15, -0.1) is 11.3 Å². The van der Waals surface area contributed by atoms with E-state index in [9.17, 15) is 9.59 Å². The number of hydrogen-bond donors (Lipinski definition) is 0. The molecule has 0 aliphatic carbocycles. The van der Waals surface area contributed by atoms with E-state index in [1.807, 2.05) is 26.2 Å². The topological polar surface area (TPSA) is 75.1 Å². The summed E-state index contributed by atoms with van der Waals surface area (Å²) in [5, 5.41) is 8.56. The molecule has 3 heterocycles. The van der Waals surface area contributed by atoms with E-state index in [-0.39, 0.29) is 18.5 Å². The normalized spacial score (nSPS) is 24.0. The van der Waals surface area contributed by atoms with E-state index in [0.717, 1.165) is 10.7 Å². The number of carbonyl (C=O) groups excluding carboxylic acids is 2. The van der Waals surface area contributed by atoms with E-state index in [2.05, 4.69) is 10.1 Å². The van der Waals surface area contributed by atoms with Crippen molar-refractivity contribution in [2.24, 2.45) is 10.5 Å². The maximum atomic E-state index is 12.9. The second-order valence-electron chi connectivity index (χ2n) is 7.21. The van der Waals surface area contributed by atoms with Crippen LogP contribution in [0.25, 0.3) is 0 Å². The van der Waals surface area contributed by atoms with Crippen LogP contribution in [0.3, 0.4) is 0 Å². The zero-order valence-electron chi connectivity index (χ0n) is 14.4. The quantitative estimate of drug-likeness (QED) is 0.819. The largest absolute Gasteiger partial charge is 0.444 e. The van der Waals surface area contributed by atoms with E-state index >= 15 is 0 Å². The predicted octanol–water partition coefficient (Wildman–Crippen LogP) is 2.14. The first-order valence-corrected chi connectivity index (χ1v) is 8.82. The van der Waals surface area contributed by atoms with Crippen LogP contribution < -0.4 is 0 Å². The minimum atomic E-state index is -0.818. The molecule has 1 fully saturated rings. The number of carbonyl (C=O) groups is 2. The summed E-state index contributed by atoms with van der Waals surface area (Å²) < 4.78 is 5.48. The Hall–Kier alpha value is -1.96. The Morgan fingerprint density at radius 1 is 1.46 bits per heavy atom. The van der Waals surface area contributed by atoms with E-state index < -0.39 is 11.0 Å². The number of likely N-dealkylation sites (tertiary alicyclic amines) is 1.